The Bertz CT molecular complexity index is 675. The number of nitro groups is 1. The Labute approximate surface area is 120 Å². The largest absolute Gasteiger partial charge is 0.377 e. The van der Waals surface area contributed by atoms with E-state index >= 15 is 0 Å². The zero-order valence-electron chi connectivity index (χ0n) is 11.4. The van der Waals surface area contributed by atoms with E-state index < -0.39 is 27.9 Å². The first-order valence-electron chi connectivity index (χ1n) is 6.41. The van der Waals surface area contributed by atoms with Crippen molar-refractivity contribution in [1.29, 1.82) is 0 Å². The Hall–Kier alpha value is -2.50. The number of rotatable bonds is 5. The van der Waals surface area contributed by atoms with Crippen molar-refractivity contribution in [1.82, 2.24) is 0 Å². The lowest BCUT2D eigenvalue weighted by molar-refractivity contribution is -0.384. The van der Waals surface area contributed by atoms with Crippen LogP contribution in [0.4, 0.5) is 20.2 Å². The molecule has 2 aromatic carbocycles. The number of aryl methyl sites for hydroxylation is 1. The maximum Gasteiger partial charge on any atom is 0.295 e. The molecule has 0 unspecified atom stereocenters. The molecule has 0 amide bonds. The summed E-state index contributed by atoms with van der Waals surface area (Å²) >= 11 is 0. The first-order chi connectivity index (χ1) is 9.99. The van der Waals surface area contributed by atoms with E-state index in [1.54, 1.807) is 0 Å². The molecule has 0 atom stereocenters. The third kappa shape index (κ3) is 3.53. The molecule has 0 bridgehead atoms. The van der Waals surface area contributed by atoms with Gasteiger partial charge in [0.25, 0.3) is 5.69 Å². The molecule has 1 N–H and O–H groups in total. The van der Waals surface area contributed by atoms with Crippen LogP contribution in [0, 0.1) is 28.7 Å². The predicted molar refractivity (Wildman–Crippen MR) is 76.4 cm³/mol. The minimum absolute atomic E-state index is 0.269. The Morgan fingerprint density at radius 2 is 2.00 bits per heavy atom. The smallest absolute Gasteiger partial charge is 0.295 e. The van der Waals surface area contributed by atoms with Crippen LogP contribution >= 0.6 is 0 Å². The van der Waals surface area contributed by atoms with Crippen molar-refractivity contribution in [3.8, 4) is 0 Å². The van der Waals surface area contributed by atoms with E-state index in [4.69, 9.17) is 0 Å². The highest BCUT2D eigenvalue weighted by molar-refractivity contribution is 5.62. The summed E-state index contributed by atoms with van der Waals surface area (Å²) in [5, 5.41) is 13.5. The molecule has 0 aromatic heterocycles. The van der Waals surface area contributed by atoms with Crippen LogP contribution < -0.4 is 5.32 Å². The molecule has 110 valence electrons. The Morgan fingerprint density at radius 1 is 1.24 bits per heavy atom. The molecule has 2 rings (SSSR count). The van der Waals surface area contributed by atoms with Gasteiger partial charge in [-0.3, -0.25) is 10.1 Å². The summed E-state index contributed by atoms with van der Waals surface area (Å²) in [5.74, 6) is -2.34. The quantitative estimate of drug-likeness (QED) is 0.673. The van der Waals surface area contributed by atoms with Crippen LogP contribution in [0.5, 0.6) is 0 Å². The summed E-state index contributed by atoms with van der Waals surface area (Å²) in [6.45, 7) is 2.22. The molecule has 4 nitrogen and oxygen atoms in total. The molecule has 0 aliphatic heterocycles. The van der Waals surface area contributed by atoms with Gasteiger partial charge in [-0.2, -0.15) is 0 Å². The number of halogens is 2. The van der Waals surface area contributed by atoms with E-state index in [0.29, 0.717) is 6.42 Å². The van der Waals surface area contributed by atoms with Gasteiger partial charge in [-0.05, 0) is 25.0 Å². The summed E-state index contributed by atoms with van der Waals surface area (Å²) in [6, 6.07) is 9.43. The molecular weight excluding hydrogens is 278 g/mol. The Kier molecular flexibility index (Phi) is 4.47. The molecule has 0 saturated heterocycles. The second-order valence-corrected chi connectivity index (χ2v) is 4.68. The summed E-state index contributed by atoms with van der Waals surface area (Å²) in [7, 11) is 0. The minimum Gasteiger partial charge on any atom is -0.377 e. The summed E-state index contributed by atoms with van der Waals surface area (Å²) in [5.41, 5.74) is 1.23. The van der Waals surface area contributed by atoms with Gasteiger partial charge in [0.15, 0.2) is 17.3 Å². The van der Waals surface area contributed by atoms with Gasteiger partial charge < -0.3 is 5.32 Å². The van der Waals surface area contributed by atoms with Gasteiger partial charge in [0.05, 0.1) is 4.92 Å². The molecule has 0 aliphatic rings. The first kappa shape index (κ1) is 14.9. The summed E-state index contributed by atoms with van der Waals surface area (Å²) in [4.78, 5) is 10.1. The van der Waals surface area contributed by atoms with Crippen LogP contribution in [0.1, 0.15) is 11.1 Å². The monoisotopic (exact) mass is 292 g/mol. The highest BCUT2D eigenvalue weighted by Gasteiger charge is 2.21. The fourth-order valence-corrected chi connectivity index (χ4v) is 2.06. The number of hydrogen-bond donors (Lipinski definition) is 1. The lowest BCUT2D eigenvalue weighted by Gasteiger charge is -2.09. The van der Waals surface area contributed by atoms with Crippen LogP contribution in [0.3, 0.4) is 0 Å². The van der Waals surface area contributed by atoms with Gasteiger partial charge in [0.1, 0.15) is 0 Å². The van der Waals surface area contributed by atoms with Gasteiger partial charge in [-0.1, -0.05) is 29.8 Å². The first-order valence-corrected chi connectivity index (χ1v) is 6.41. The van der Waals surface area contributed by atoms with Gasteiger partial charge >= 0.3 is 0 Å². The standard InChI is InChI=1S/C15H14F2N2O2/c1-10-3-2-4-11(9-10)7-8-18-15-13(19(20)21)6-5-12(16)14(15)17/h2-6,9,18H,7-8H2,1H3. The van der Waals surface area contributed by atoms with E-state index in [2.05, 4.69) is 5.32 Å². The van der Waals surface area contributed by atoms with Crippen LogP contribution in [0.2, 0.25) is 0 Å². The van der Waals surface area contributed by atoms with E-state index in [9.17, 15) is 18.9 Å². The topological polar surface area (TPSA) is 55.2 Å². The predicted octanol–water partition coefficient (Wildman–Crippen LogP) is 3.84. The van der Waals surface area contributed by atoms with Crippen LogP contribution in [-0.4, -0.2) is 11.5 Å². The maximum absolute atomic E-state index is 13.7. The number of nitro benzene ring substituents is 1. The lowest BCUT2D eigenvalue weighted by Crippen LogP contribution is -2.09. The normalized spacial score (nSPS) is 10.4. The average molecular weight is 292 g/mol. The number of nitrogens with zero attached hydrogens (tertiary/aromatic N) is 1. The SMILES string of the molecule is Cc1cccc(CCNc2c([N+](=O)[O-])ccc(F)c2F)c1. The van der Waals surface area contributed by atoms with E-state index in [0.717, 1.165) is 23.3 Å². The molecular formula is C15H14F2N2O2. The molecule has 0 saturated carbocycles. The van der Waals surface area contributed by atoms with Crippen molar-refractivity contribution in [3.63, 3.8) is 0 Å². The van der Waals surface area contributed by atoms with E-state index in [1.807, 2.05) is 31.2 Å². The van der Waals surface area contributed by atoms with Crippen LogP contribution in [0.15, 0.2) is 36.4 Å². The zero-order chi connectivity index (χ0) is 15.4. The van der Waals surface area contributed by atoms with Crippen LogP contribution in [0.25, 0.3) is 0 Å². The Morgan fingerprint density at radius 3 is 2.67 bits per heavy atom. The van der Waals surface area contributed by atoms with E-state index in [-0.39, 0.29) is 6.54 Å². The highest BCUT2D eigenvalue weighted by Crippen LogP contribution is 2.28. The molecule has 2 aromatic rings. The number of anilines is 1. The van der Waals surface area contributed by atoms with Crippen molar-refractivity contribution < 1.29 is 13.7 Å². The molecule has 21 heavy (non-hydrogen) atoms. The molecule has 0 heterocycles. The average Bonchev–Trinajstić information content (AvgIpc) is 2.43. The molecule has 0 radical (unpaired) electrons. The third-order valence-electron chi connectivity index (χ3n) is 3.07. The fraction of sp³-hybridized carbons (Fsp3) is 0.200. The fourth-order valence-electron chi connectivity index (χ4n) is 2.06. The van der Waals surface area contributed by atoms with Gasteiger partial charge in [0.2, 0.25) is 0 Å². The molecule has 0 aliphatic carbocycles. The number of nitrogens with one attached hydrogen (secondary N) is 1. The van der Waals surface area contributed by atoms with E-state index in [1.165, 1.54) is 0 Å². The zero-order valence-corrected chi connectivity index (χ0v) is 11.4. The number of hydrogen-bond acceptors (Lipinski definition) is 3. The highest BCUT2D eigenvalue weighted by atomic mass is 19.2. The van der Waals surface area contributed by atoms with Crippen molar-refractivity contribution in [2.45, 2.75) is 13.3 Å². The molecule has 0 fully saturated rings. The van der Waals surface area contributed by atoms with Gasteiger partial charge in [-0.25, -0.2) is 8.78 Å². The van der Waals surface area contributed by atoms with Crippen molar-refractivity contribution in [2.75, 3.05) is 11.9 Å². The van der Waals surface area contributed by atoms with Crippen molar-refractivity contribution >= 4 is 11.4 Å². The maximum atomic E-state index is 13.7. The van der Waals surface area contributed by atoms with Gasteiger partial charge in [0, 0.05) is 12.6 Å². The van der Waals surface area contributed by atoms with Crippen LogP contribution in [-0.2, 0) is 6.42 Å². The van der Waals surface area contributed by atoms with Gasteiger partial charge in [-0.15, -0.1) is 0 Å². The lowest BCUT2D eigenvalue weighted by atomic mass is 10.1. The second kappa shape index (κ2) is 6.30. The molecule has 0 spiro atoms. The number of benzene rings is 2. The summed E-state index contributed by atoms with van der Waals surface area (Å²) < 4.78 is 26.9. The third-order valence-corrected chi connectivity index (χ3v) is 3.07. The van der Waals surface area contributed by atoms with Crippen molar-refractivity contribution in [2.24, 2.45) is 0 Å². The molecule has 6 heteroatoms. The Balaban J connectivity index is 2.12. The second-order valence-electron chi connectivity index (χ2n) is 4.68. The summed E-state index contributed by atoms with van der Waals surface area (Å²) in [6.07, 6.45) is 0.550. The van der Waals surface area contributed by atoms with Crippen molar-refractivity contribution in [3.05, 3.63) is 69.3 Å². The minimum atomic E-state index is -1.23.